The zero-order valence-electron chi connectivity index (χ0n) is 12.4. The molecule has 1 amide bonds. The Bertz CT molecular complexity index is 663. The van der Waals surface area contributed by atoms with Gasteiger partial charge in [0.2, 0.25) is 0 Å². The molecule has 1 atom stereocenters. The van der Waals surface area contributed by atoms with Gasteiger partial charge in [-0.2, -0.15) is 0 Å². The van der Waals surface area contributed by atoms with Crippen molar-refractivity contribution < 1.29 is 4.79 Å². The number of hydrogen-bond acceptors (Lipinski definition) is 5. The van der Waals surface area contributed by atoms with E-state index in [-0.39, 0.29) is 5.91 Å². The fraction of sp³-hybridized carbons (Fsp3) is 0.333. The molecule has 1 aromatic heterocycles. The molecular formula is C15H20BrN5O. The van der Waals surface area contributed by atoms with Crippen LogP contribution in [0.5, 0.6) is 0 Å². The Morgan fingerprint density at radius 2 is 2.14 bits per heavy atom. The number of fused-ring (bicyclic) bond motifs is 1. The zero-order chi connectivity index (χ0) is 16.1. The van der Waals surface area contributed by atoms with Gasteiger partial charge in [0.1, 0.15) is 5.82 Å². The molecule has 2 rings (SSSR count). The number of halogens is 1. The summed E-state index contributed by atoms with van der Waals surface area (Å²) >= 11 is 3.43. The van der Waals surface area contributed by atoms with Crippen molar-refractivity contribution in [2.24, 2.45) is 11.5 Å². The highest BCUT2D eigenvalue weighted by Gasteiger charge is 2.15. The van der Waals surface area contributed by atoms with Gasteiger partial charge in [-0.05, 0) is 43.7 Å². The predicted octanol–water partition coefficient (Wildman–Crippen LogP) is 1.53. The maximum absolute atomic E-state index is 12.0. The highest BCUT2D eigenvalue weighted by atomic mass is 79.9. The van der Waals surface area contributed by atoms with Crippen molar-refractivity contribution in [3.8, 4) is 0 Å². The Labute approximate surface area is 138 Å². The largest absolute Gasteiger partial charge is 0.330 e. The number of carbonyl (C=O) groups excluding carboxylic acids is 1. The number of benzene rings is 1. The standard InChI is InChI=1S/C15H20BrN5O/c1-21(20-15(22)12(18)3-2-8-17)14-7-5-10-4-6-11(16)9-13(10)19-14/h4-7,9,12H,2-3,8,17-18H2,1H3,(H,20,22)/t12-/m0/s1. The van der Waals surface area contributed by atoms with Crippen LogP contribution in [0.4, 0.5) is 5.82 Å². The fourth-order valence-corrected chi connectivity index (χ4v) is 2.39. The Morgan fingerprint density at radius 3 is 2.86 bits per heavy atom. The average Bonchev–Trinajstić information content (AvgIpc) is 2.51. The summed E-state index contributed by atoms with van der Waals surface area (Å²) in [6.07, 6.45) is 1.29. The normalized spacial score (nSPS) is 12.2. The SMILES string of the molecule is CN(NC(=O)[C@@H](N)CCCN)c1ccc2ccc(Br)cc2n1. The monoisotopic (exact) mass is 365 g/mol. The van der Waals surface area contributed by atoms with Gasteiger partial charge in [-0.3, -0.25) is 15.2 Å². The van der Waals surface area contributed by atoms with Gasteiger partial charge < -0.3 is 11.5 Å². The van der Waals surface area contributed by atoms with E-state index in [1.54, 1.807) is 12.1 Å². The topological polar surface area (TPSA) is 97.3 Å². The van der Waals surface area contributed by atoms with Gasteiger partial charge in [0, 0.05) is 16.9 Å². The van der Waals surface area contributed by atoms with E-state index in [1.807, 2.05) is 30.3 Å². The van der Waals surface area contributed by atoms with Gasteiger partial charge in [-0.15, -0.1) is 0 Å². The lowest BCUT2D eigenvalue weighted by Crippen LogP contribution is -2.48. The smallest absolute Gasteiger partial charge is 0.255 e. The summed E-state index contributed by atoms with van der Waals surface area (Å²) in [5, 5.41) is 2.61. The summed E-state index contributed by atoms with van der Waals surface area (Å²) in [5.41, 5.74) is 14.8. The number of pyridine rings is 1. The number of nitrogens with zero attached hydrogens (tertiary/aromatic N) is 2. The van der Waals surface area contributed by atoms with E-state index in [9.17, 15) is 4.79 Å². The third kappa shape index (κ3) is 4.16. The number of hydrogen-bond donors (Lipinski definition) is 3. The van der Waals surface area contributed by atoms with Crippen LogP contribution in [0.25, 0.3) is 10.9 Å². The van der Waals surface area contributed by atoms with Crippen molar-refractivity contribution in [3.63, 3.8) is 0 Å². The molecule has 22 heavy (non-hydrogen) atoms. The summed E-state index contributed by atoms with van der Waals surface area (Å²) in [4.78, 5) is 16.5. The molecular weight excluding hydrogens is 346 g/mol. The minimum absolute atomic E-state index is 0.243. The second kappa shape index (κ2) is 7.53. The third-order valence-electron chi connectivity index (χ3n) is 3.32. The van der Waals surface area contributed by atoms with Crippen LogP contribution in [0, 0.1) is 0 Å². The van der Waals surface area contributed by atoms with E-state index in [0.29, 0.717) is 18.8 Å². The van der Waals surface area contributed by atoms with Crippen molar-refractivity contribution in [2.75, 3.05) is 18.6 Å². The zero-order valence-corrected chi connectivity index (χ0v) is 14.0. The van der Waals surface area contributed by atoms with E-state index in [0.717, 1.165) is 21.8 Å². The summed E-state index contributed by atoms with van der Waals surface area (Å²) in [5.74, 6) is 0.400. The Balaban J connectivity index is 2.09. The van der Waals surface area contributed by atoms with E-state index < -0.39 is 6.04 Å². The minimum atomic E-state index is -0.569. The highest BCUT2D eigenvalue weighted by molar-refractivity contribution is 9.10. The Hall–Kier alpha value is -1.70. The van der Waals surface area contributed by atoms with Gasteiger partial charge in [-0.1, -0.05) is 22.0 Å². The lowest BCUT2D eigenvalue weighted by Gasteiger charge is -2.21. The number of hydrazine groups is 1. The Kier molecular flexibility index (Phi) is 5.70. The molecule has 7 heteroatoms. The fourth-order valence-electron chi connectivity index (χ4n) is 2.04. The van der Waals surface area contributed by atoms with Crippen molar-refractivity contribution in [3.05, 3.63) is 34.8 Å². The van der Waals surface area contributed by atoms with E-state index in [4.69, 9.17) is 11.5 Å². The number of nitrogens with one attached hydrogen (secondary N) is 1. The van der Waals surface area contributed by atoms with Crippen molar-refractivity contribution in [1.82, 2.24) is 10.4 Å². The van der Waals surface area contributed by atoms with Crippen LogP contribution in [0.3, 0.4) is 0 Å². The molecule has 0 aliphatic carbocycles. The average molecular weight is 366 g/mol. The van der Waals surface area contributed by atoms with Crippen molar-refractivity contribution in [2.45, 2.75) is 18.9 Å². The molecule has 0 radical (unpaired) electrons. The van der Waals surface area contributed by atoms with Crippen LogP contribution < -0.4 is 21.9 Å². The predicted molar refractivity (Wildman–Crippen MR) is 92.3 cm³/mol. The third-order valence-corrected chi connectivity index (χ3v) is 3.81. The first kappa shape index (κ1) is 16.7. The van der Waals surface area contributed by atoms with Gasteiger partial charge in [0.05, 0.1) is 11.6 Å². The summed E-state index contributed by atoms with van der Waals surface area (Å²) < 4.78 is 0.958. The molecule has 0 fully saturated rings. The van der Waals surface area contributed by atoms with Gasteiger partial charge in [0.15, 0.2) is 0 Å². The quantitative estimate of drug-likeness (QED) is 0.674. The van der Waals surface area contributed by atoms with Crippen LogP contribution in [0.15, 0.2) is 34.8 Å². The number of rotatable bonds is 6. The molecule has 0 saturated heterocycles. The first-order valence-electron chi connectivity index (χ1n) is 7.07. The first-order valence-corrected chi connectivity index (χ1v) is 7.86. The van der Waals surface area contributed by atoms with Crippen LogP contribution >= 0.6 is 15.9 Å². The molecule has 2 aromatic rings. The number of aromatic nitrogens is 1. The molecule has 5 N–H and O–H groups in total. The Morgan fingerprint density at radius 1 is 1.41 bits per heavy atom. The van der Waals surface area contributed by atoms with Crippen LogP contribution in [-0.4, -0.2) is 30.5 Å². The second-order valence-corrected chi connectivity index (χ2v) is 5.99. The van der Waals surface area contributed by atoms with E-state index in [1.165, 1.54) is 0 Å². The minimum Gasteiger partial charge on any atom is -0.330 e. The molecule has 1 heterocycles. The van der Waals surface area contributed by atoms with Crippen LogP contribution in [0.2, 0.25) is 0 Å². The maximum Gasteiger partial charge on any atom is 0.255 e. The summed E-state index contributed by atoms with van der Waals surface area (Å²) in [6, 6.07) is 9.12. The van der Waals surface area contributed by atoms with Gasteiger partial charge >= 0.3 is 0 Å². The molecule has 0 unspecified atom stereocenters. The number of amides is 1. The van der Waals surface area contributed by atoms with Crippen LogP contribution in [0.1, 0.15) is 12.8 Å². The first-order chi connectivity index (χ1) is 10.5. The molecule has 0 spiro atoms. The highest BCUT2D eigenvalue weighted by Crippen LogP contribution is 2.20. The number of carbonyl (C=O) groups is 1. The second-order valence-electron chi connectivity index (χ2n) is 5.08. The molecule has 0 aliphatic heterocycles. The van der Waals surface area contributed by atoms with E-state index >= 15 is 0 Å². The van der Waals surface area contributed by atoms with E-state index in [2.05, 4.69) is 26.3 Å². The van der Waals surface area contributed by atoms with Gasteiger partial charge in [0.25, 0.3) is 5.91 Å². The molecule has 0 bridgehead atoms. The summed E-state index contributed by atoms with van der Waals surface area (Å²) in [7, 11) is 1.74. The number of anilines is 1. The van der Waals surface area contributed by atoms with Gasteiger partial charge in [-0.25, -0.2) is 4.98 Å². The lowest BCUT2D eigenvalue weighted by molar-refractivity contribution is -0.122. The van der Waals surface area contributed by atoms with Crippen LogP contribution in [-0.2, 0) is 4.79 Å². The van der Waals surface area contributed by atoms with Crippen molar-refractivity contribution >= 4 is 38.6 Å². The number of nitrogens with two attached hydrogens (primary N) is 2. The molecule has 0 saturated carbocycles. The molecule has 0 aliphatic rings. The maximum atomic E-state index is 12.0. The van der Waals surface area contributed by atoms with Crippen molar-refractivity contribution in [1.29, 1.82) is 0 Å². The molecule has 118 valence electrons. The molecule has 1 aromatic carbocycles. The lowest BCUT2D eigenvalue weighted by atomic mass is 10.1. The molecule has 6 nitrogen and oxygen atoms in total. The summed E-state index contributed by atoms with van der Waals surface area (Å²) in [6.45, 7) is 0.526.